The highest BCUT2D eigenvalue weighted by Gasteiger charge is 2.32. The van der Waals surface area contributed by atoms with Crippen LogP contribution in [0.25, 0.3) is 22.0 Å². The van der Waals surface area contributed by atoms with E-state index in [2.05, 4.69) is 9.88 Å². The average Bonchev–Trinajstić information content (AvgIpc) is 3.12. The highest BCUT2D eigenvalue weighted by atomic mass is 32.2. The Morgan fingerprint density at radius 2 is 1.91 bits per heavy atom. The number of H-pyrrole nitrogens is 1. The van der Waals surface area contributed by atoms with Crippen LogP contribution in [-0.2, 0) is 38.7 Å². The third-order valence-corrected chi connectivity index (χ3v) is 7.79. The number of aryl methyl sites for hydroxylation is 1. The summed E-state index contributed by atoms with van der Waals surface area (Å²) in [5, 5.41) is 0.900. The van der Waals surface area contributed by atoms with E-state index in [1.807, 2.05) is 30.6 Å². The molecule has 2 aliphatic rings. The Kier molecular flexibility index (Phi) is 5.55. The summed E-state index contributed by atoms with van der Waals surface area (Å²) in [6.07, 6.45) is 8.33. The predicted octanol–water partition coefficient (Wildman–Crippen LogP) is 3.27. The van der Waals surface area contributed by atoms with E-state index in [9.17, 15) is 18.0 Å². The van der Waals surface area contributed by atoms with Crippen molar-refractivity contribution >= 4 is 32.4 Å². The van der Waals surface area contributed by atoms with Gasteiger partial charge in [0.1, 0.15) is 11.6 Å². The number of anilines is 1. The summed E-state index contributed by atoms with van der Waals surface area (Å²) < 4.78 is 31.0. The van der Waals surface area contributed by atoms with E-state index in [0.29, 0.717) is 12.1 Å². The third-order valence-electron chi connectivity index (χ3n) is 6.94. The number of pyridine rings is 1. The largest absolute Gasteiger partial charge is 0.463 e. The molecule has 1 aliphatic heterocycles. The van der Waals surface area contributed by atoms with Gasteiger partial charge < -0.3 is 19.2 Å². The summed E-state index contributed by atoms with van der Waals surface area (Å²) >= 11 is 0. The number of rotatable bonds is 4. The second kappa shape index (κ2) is 8.30. The Labute approximate surface area is 198 Å². The van der Waals surface area contributed by atoms with E-state index in [1.54, 1.807) is 11.6 Å². The maximum absolute atomic E-state index is 12.8. The molecule has 0 bridgehead atoms. The average molecular weight is 484 g/mol. The molecule has 5 rings (SSSR count). The number of esters is 1. The molecule has 0 amide bonds. The van der Waals surface area contributed by atoms with Gasteiger partial charge in [-0.3, -0.25) is 9.59 Å². The van der Waals surface area contributed by atoms with Crippen LogP contribution in [0.2, 0.25) is 0 Å². The number of fused-ring (bicyclic) bond motifs is 2. The molecule has 0 saturated heterocycles. The highest BCUT2D eigenvalue weighted by molar-refractivity contribution is 7.89. The first kappa shape index (κ1) is 22.7. The maximum atomic E-state index is 12.8. The molecule has 1 fully saturated rings. The minimum Gasteiger partial charge on any atom is -0.463 e. The summed E-state index contributed by atoms with van der Waals surface area (Å²) in [4.78, 5) is 29.8. The highest BCUT2D eigenvalue weighted by Crippen LogP contribution is 2.43. The summed E-state index contributed by atoms with van der Waals surface area (Å²) in [6.45, 7) is 2.09. The van der Waals surface area contributed by atoms with Crippen LogP contribution in [0.3, 0.4) is 0 Å². The van der Waals surface area contributed by atoms with E-state index in [1.165, 1.54) is 13.2 Å². The fourth-order valence-corrected chi connectivity index (χ4v) is 6.29. The fraction of sp³-hybridized carbons (Fsp3) is 0.440. The number of aromatic nitrogens is 2. The number of sulfone groups is 1. The molecule has 1 aliphatic carbocycles. The monoisotopic (exact) mass is 483 g/mol. The van der Waals surface area contributed by atoms with Gasteiger partial charge in [-0.2, -0.15) is 0 Å². The van der Waals surface area contributed by atoms with Gasteiger partial charge in [-0.05, 0) is 48.9 Å². The molecule has 1 N–H and O–H groups in total. The molecular weight excluding hydrogens is 454 g/mol. The molecule has 3 heterocycles. The number of benzene rings is 1. The first-order valence-electron chi connectivity index (χ1n) is 11.5. The van der Waals surface area contributed by atoms with Gasteiger partial charge in [-0.1, -0.05) is 6.07 Å². The van der Waals surface area contributed by atoms with Gasteiger partial charge >= 0.3 is 5.97 Å². The zero-order chi connectivity index (χ0) is 24.2. The Morgan fingerprint density at radius 1 is 1.18 bits per heavy atom. The maximum Gasteiger partial charge on any atom is 0.302 e. The lowest BCUT2D eigenvalue weighted by molar-refractivity contribution is -0.147. The van der Waals surface area contributed by atoms with Crippen LogP contribution in [0.5, 0.6) is 0 Å². The first-order valence-corrected chi connectivity index (χ1v) is 13.6. The smallest absolute Gasteiger partial charge is 0.302 e. The molecule has 3 aromatic rings. The Hall–Kier alpha value is -3.07. The summed E-state index contributed by atoms with van der Waals surface area (Å²) in [5.74, 6) is -0.281. The van der Waals surface area contributed by atoms with Crippen molar-refractivity contribution < 1.29 is 17.9 Å². The predicted molar refractivity (Wildman–Crippen MR) is 132 cm³/mol. The van der Waals surface area contributed by atoms with E-state index in [4.69, 9.17) is 4.74 Å². The molecule has 9 heteroatoms. The van der Waals surface area contributed by atoms with Crippen molar-refractivity contribution in [3.8, 4) is 11.1 Å². The molecule has 2 aromatic heterocycles. The van der Waals surface area contributed by atoms with E-state index >= 15 is 0 Å². The Balaban J connectivity index is 1.63. The molecule has 1 saturated carbocycles. The van der Waals surface area contributed by atoms with Gasteiger partial charge in [-0.25, -0.2) is 8.42 Å². The number of aromatic amines is 1. The van der Waals surface area contributed by atoms with Crippen molar-refractivity contribution in [1.82, 2.24) is 9.55 Å². The number of carbonyl (C=O) groups excluding carboxylic acids is 1. The zero-order valence-corrected chi connectivity index (χ0v) is 20.4. The van der Waals surface area contributed by atoms with Gasteiger partial charge in [0.15, 0.2) is 9.84 Å². The van der Waals surface area contributed by atoms with Crippen molar-refractivity contribution in [3.05, 3.63) is 52.1 Å². The van der Waals surface area contributed by atoms with Gasteiger partial charge in [0, 0.05) is 67.4 Å². The number of nitrogens with zero attached hydrogens (tertiary/aromatic N) is 2. The lowest BCUT2D eigenvalue weighted by atomic mass is 9.90. The summed E-state index contributed by atoms with van der Waals surface area (Å²) in [5.41, 5.74) is 5.14. The molecule has 0 radical (unpaired) electrons. The summed E-state index contributed by atoms with van der Waals surface area (Å²) in [6, 6.07) is 6.10. The van der Waals surface area contributed by atoms with E-state index in [-0.39, 0.29) is 29.4 Å². The van der Waals surface area contributed by atoms with Crippen molar-refractivity contribution in [2.45, 2.75) is 57.1 Å². The van der Waals surface area contributed by atoms with Gasteiger partial charge in [0.25, 0.3) is 5.56 Å². The summed E-state index contributed by atoms with van der Waals surface area (Å²) in [7, 11) is -1.46. The van der Waals surface area contributed by atoms with Crippen molar-refractivity contribution in [1.29, 1.82) is 0 Å². The standard InChI is InChI=1S/C25H29N3O5S/c1-15(29)33-19-7-5-18(6-8-19)28-12-17-11-26-24-23(17)21(13-27(2)25(24)30)20-10-16(4-9-22(20)28)14-34(3,31)32/h4,9-11,13,18-19,26H,5-8,12,14H2,1-3H3. The molecule has 34 heavy (non-hydrogen) atoms. The van der Waals surface area contributed by atoms with Crippen LogP contribution >= 0.6 is 0 Å². The third kappa shape index (κ3) is 4.13. The molecule has 0 spiro atoms. The zero-order valence-electron chi connectivity index (χ0n) is 19.6. The molecule has 0 atom stereocenters. The van der Waals surface area contributed by atoms with Gasteiger partial charge in [-0.15, -0.1) is 0 Å². The van der Waals surface area contributed by atoms with Crippen LogP contribution in [-0.4, -0.2) is 42.3 Å². The Bertz CT molecular complexity index is 1450. The quantitative estimate of drug-likeness (QED) is 0.572. The van der Waals surface area contributed by atoms with Crippen LogP contribution < -0.4 is 10.5 Å². The number of hydrogen-bond acceptors (Lipinski definition) is 6. The minimum atomic E-state index is -3.20. The lowest BCUT2D eigenvalue weighted by Gasteiger charge is -2.38. The van der Waals surface area contributed by atoms with Crippen LogP contribution in [0, 0.1) is 0 Å². The van der Waals surface area contributed by atoms with Crippen molar-refractivity contribution in [2.24, 2.45) is 7.05 Å². The van der Waals surface area contributed by atoms with Crippen LogP contribution in [0.1, 0.15) is 43.7 Å². The topological polar surface area (TPSA) is 101 Å². The first-order chi connectivity index (χ1) is 16.1. The molecular formula is C25H29N3O5S. The SMILES string of the molecule is CC(=O)OC1CCC(N2Cc3c[nH]c4c(=O)n(C)cc(c34)-c3cc(CS(C)(=O)=O)ccc32)CC1. The van der Waals surface area contributed by atoms with Crippen LogP contribution in [0.15, 0.2) is 35.4 Å². The second-order valence-electron chi connectivity index (χ2n) is 9.61. The van der Waals surface area contributed by atoms with Gasteiger partial charge in [0.2, 0.25) is 0 Å². The second-order valence-corrected chi connectivity index (χ2v) is 11.8. The van der Waals surface area contributed by atoms with Crippen molar-refractivity contribution in [3.63, 3.8) is 0 Å². The lowest BCUT2D eigenvalue weighted by Crippen LogP contribution is -2.39. The number of hydrogen-bond donors (Lipinski definition) is 1. The number of nitrogens with one attached hydrogen (secondary N) is 1. The number of ether oxygens (including phenoxy) is 1. The van der Waals surface area contributed by atoms with Crippen molar-refractivity contribution in [2.75, 3.05) is 11.2 Å². The molecule has 1 aromatic carbocycles. The molecule has 8 nitrogen and oxygen atoms in total. The normalized spacial score (nSPS) is 20.1. The fourth-order valence-electron chi connectivity index (χ4n) is 5.51. The van der Waals surface area contributed by atoms with Crippen LogP contribution in [0.4, 0.5) is 5.69 Å². The Morgan fingerprint density at radius 3 is 2.59 bits per heavy atom. The molecule has 180 valence electrons. The van der Waals surface area contributed by atoms with Gasteiger partial charge in [0.05, 0.1) is 5.75 Å². The minimum absolute atomic E-state index is 0.0390. The number of carbonyl (C=O) groups is 1. The van der Waals surface area contributed by atoms with E-state index < -0.39 is 9.84 Å². The molecule has 0 unspecified atom stereocenters. The van der Waals surface area contributed by atoms with E-state index in [0.717, 1.165) is 59.0 Å².